The molecular weight excluding hydrogens is 244 g/mol. The van der Waals surface area contributed by atoms with E-state index in [-0.39, 0.29) is 6.04 Å². The highest BCUT2D eigenvalue weighted by Crippen LogP contribution is 2.19. The molecule has 0 aromatic heterocycles. The standard InChI is InChI=1S/C14H20N2O3/c1-2-18-12-4-3-5-13(10-12)19-14(17)16-11-6-8-15-9-7-11/h3-5,10-11,15H,2,6-9H2,1H3,(H,16,17). The van der Waals surface area contributed by atoms with Crippen molar-refractivity contribution >= 4 is 6.09 Å². The molecule has 104 valence electrons. The Morgan fingerprint density at radius 1 is 1.37 bits per heavy atom. The van der Waals surface area contributed by atoms with Crippen LogP contribution in [0.5, 0.6) is 11.5 Å². The Balaban J connectivity index is 1.85. The van der Waals surface area contributed by atoms with E-state index in [1.165, 1.54) is 0 Å². The largest absolute Gasteiger partial charge is 0.494 e. The Bertz CT molecular complexity index is 417. The van der Waals surface area contributed by atoms with Crippen molar-refractivity contribution in [3.05, 3.63) is 24.3 Å². The van der Waals surface area contributed by atoms with Crippen LogP contribution in [0.3, 0.4) is 0 Å². The lowest BCUT2D eigenvalue weighted by Crippen LogP contribution is -2.43. The minimum absolute atomic E-state index is 0.198. The maximum Gasteiger partial charge on any atom is 0.412 e. The minimum Gasteiger partial charge on any atom is -0.494 e. The average molecular weight is 264 g/mol. The lowest BCUT2D eigenvalue weighted by molar-refractivity contribution is 0.192. The topological polar surface area (TPSA) is 59.6 Å². The van der Waals surface area contributed by atoms with Crippen LogP contribution in [0.25, 0.3) is 0 Å². The van der Waals surface area contributed by atoms with Crippen molar-refractivity contribution in [3.8, 4) is 11.5 Å². The van der Waals surface area contributed by atoms with E-state index in [4.69, 9.17) is 9.47 Å². The van der Waals surface area contributed by atoms with Gasteiger partial charge in [0.15, 0.2) is 0 Å². The van der Waals surface area contributed by atoms with Crippen LogP contribution in [0.4, 0.5) is 4.79 Å². The average Bonchev–Trinajstić information content (AvgIpc) is 2.40. The van der Waals surface area contributed by atoms with Crippen molar-refractivity contribution in [1.82, 2.24) is 10.6 Å². The van der Waals surface area contributed by atoms with E-state index in [1.54, 1.807) is 18.2 Å². The van der Waals surface area contributed by atoms with Gasteiger partial charge in [-0.15, -0.1) is 0 Å². The number of nitrogens with one attached hydrogen (secondary N) is 2. The van der Waals surface area contributed by atoms with Crippen LogP contribution in [-0.4, -0.2) is 31.8 Å². The number of hydrogen-bond donors (Lipinski definition) is 2. The molecule has 1 aromatic rings. The van der Waals surface area contributed by atoms with E-state index in [9.17, 15) is 4.79 Å². The first kappa shape index (κ1) is 13.7. The van der Waals surface area contributed by atoms with Crippen molar-refractivity contribution in [1.29, 1.82) is 0 Å². The zero-order chi connectivity index (χ0) is 13.5. The summed E-state index contributed by atoms with van der Waals surface area (Å²) >= 11 is 0. The highest BCUT2D eigenvalue weighted by atomic mass is 16.6. The summed E-state index contributed by atoms with van der Waals surface area (Å²) in [6.07, 6.45) is 1.47. The Morgan fingerprint density at radius 3 is 2.84 bits per heavy atom. The Kier molecular flexibility index (Phi) is 5.03. The molecule has 0 atom stereocenters. The fourth-order valence-electron chi connectivity index (χ4n) is 2.06. The summed E-state index contributed by atoms with van der Waals surface area (Å²) in [7, 11) is 0. The predicted molar refractivity (Wildman–Crippen MR) is 72.7 cm³/mol. The van der Waals surface area contributed by atoms with Crippen LogP contribution in [-0.2, 0) is 0 Å². The number of piperidine rings is 1. The van der Waals surface area contributed by atoms with Gasteiger partial charge in [0, 0.05) is 12.1 Å². The van der Waals surface area contributed by atoms with E-state index in [1.807, 2.05) is 13.0 Å². The molecule has 1 saturated heterocycles. The number of carbonyl (C=O) groups excluding carboxylic acids is 1. The summed E-state index contributed by atoms with van der Waals surface area (Å²) in [4.78, 5) is 11.8. The number of rotatable bonds is 4. The van der Waals surface area contributed by atoms with Crippen molar-refractivity contribution in [3.63, 3.8) is 0 Å². The molecule has 1 fully saturated rings. The van der Waals surface area contributed by atoms with Gasteiger partial charge in [0.25, 0.3) is 0 Å². The van der Waals surface area contributed by atoms with E-state index in [0.717, 1.165) is 25.9 Å². The van der Waals surface area contributed by atoms with Crippen LogP contribution < -0.4 is 20.1 Å². The molecule has 0 spiro atoms. The highest BCUT2D eigenvalue weighted by molar-refractivity contribution is 5.70. The number of hydrogen-bond acceptors (Lipinski definition) is 4. The van der Waals surface area contributed by atoms with Gasteiger partial charge in [-0.25, -0.2) is 4.79 Å². The number of carbonyl (C=O) groups is 1. The second kappa shape index (κ2) is 6.99. The van der Waals surface area contributed by atoms with E-state index >= 15 is 0 Å². The summed E-state index contributed by atoms with van der Waals surface area (Å²) in [5.41, 5.74) is 0. The van der Waals surface area contributed by atoms with Crippen LogP contribution >= 0.6 is 0 Å². The van der Waals surface area contributed by atoms with Crippen LogP contribution in [0.1, 0.15) is 19.8 Å². The first-order valence-electron chi connectivity index (χ1n) is 6.70. The molecule has 0 bridgehead atoms. The zero-order valence-electron chi connectivity index (χ0n) is 11.1. The Morgan fingerprint density at radius 2 is 2.11 bits per heavy atom. The van der Waals surface area contributed by atoms with Crippen molar-refractivity contribution in [2.75, 3.05) is 19.7 Å². The van der Waals surface area contributed by atoms with Gasteiger partial charge in [-0.2, -0.15) is 0 Å². The van der Waals surface area contributed by atoms with Gasteiger partial charge in [-0.1, -0.05) is 6.07 Å². The first-order chi connectivity index (χ1) is 9.28. The second-order valence-electron chi connectivity index (χ2n) is 4.47. The summed E-state index contributed by atoms with van der Waals surface area (Å²) in [5.74, 6) is 1.20. The van der Waals surface area contributed by atoms with Crippen LogP contribution in [0.15, 0.2) is 24.3 Å². The molecular formula is C14H20N2O3. The molecule has 2 rings (SSSR count). The first-order valence-corrected chi connectivity index (χ1v) is 6.70. The van der Waals surface area contributed by atoms with Gasteiger partial charge >= 0.3 is 6.09 Å². The van der Waals surface area contributed by atoms with Crippen molar-refractivity contribution in [2.24, 2.45) is 0 Å². The number of ether oxygens (including phenoxy) is 2. The molecule has 0 aliphatic carbocycles. The fraction of sp³-hybridized carbons (Fsp3) is 0.500. The normalized spacial score (nSPS) is 15.8. The van der Waals surface area contributed by atoms with E-state index < -0.39 is 6.09 Å². The third-order valence-corrected chi connectivity index (χ3v) is 2.99. The van der Waals surface area contributed by atoms with Gasteiger partial charge < -0.3 is 20.1 Å². The summed E-state index contributed by atoms with van der Waals surface area (Å²) in [6.45, 7) is 4.37. The SMILES string of the molecule is CCOc1cccc(OC(=O)NC2CCNCC2)c1. The summed E-state index contributed by atoms with van der Waals surface area (Å²) in [5, 5.41) is 6.13. The third-order valence-electron chi connectivity index (χ3n) is 2.99. The van der Waals surface area contributed by atoms with E-state index in [0.29, 0.717) is 18.1 Å². The molecule has 19 heavy (non-hydrogen) atoms. The molecule has 5 nitrogen and oxygen atoms in total. The van der Waals surface area contributed by atoms with Gasteiger partial charge in [-0.05, 0) is 45.0 Å². The molecule has 0 unspecified atom stereocenters. The molecule has 1 aromatic carbocycles. The molecule has 1 aliphatic rings. The second-order valence-corrected chi connectivity index (χ2v) is 4.47. The fourth-order valence-corrected chi connectivity index (χ4v) is 2.06. The lowest BCUT2D eigenvalue weighted by Gasteiger charge is -2.23. The Hall–Kier alpha value is -1.75. The maximum atomic E-state index is 11.8. The Labute approximate surface area is 113 Å². The molecule has 1 heterocycles. The molecule has 1 aliphatic heterocycles. The van der Waals surface area contributed by atoms with Gasteiger partial charge in [0.2, 0.25) is 0 Å². The smallest absolute Gasteiger partial charge is 0.412 e. The van der Waals surface area contributed by atoms with Crippen molar-refractivity contribution < 1.29 is 14.3 Å². The third kappa shape index (κ3) is 4.44. The molecule has 0 saturated carbocycles. The number of benzene rings is 1. The quantitative estimate of drug-likeness (QED) is 0.872. The molecule has 2 N–H and O–H groups in total. The van der Waals surface area contributed by atoms with Crippen molar-refractivity contribution in [2.45, 2.75) is 25.8 Å². The number of amides is 1. The summed E-state index contributed by atoms with van der Waals surface area (Å²) < 4.78 is 10.6. The van der Waals surface area contributed by atoms with Crippen LogP contribution in [0, 0.1) is 0 Å². The maximum absolute atomic E-state index is 11.8. The molecule has 0 radical (unpaired) electrons. The zero-order valence-corrected chi connectivity index (χ0v) is 11.1. The monoisotopic (exact) mass is 264 g/mol. The van der Waals surface area contributed by atoms with Gasteiger partial charge in [-0.3, -0.25) is 0 Å². The highest BCUT2D eigenvalue weighted by Gasteiger charge is 2.16. The lowest BCUT2D eigenvalue weighted by atomic mass is 10.1. The minimum atomic E-state index is -0.402. The summed E-state index contributed by atoms with van der Waals surface area (Å²) in [6, 6.07) is 7.29. The molecule has 1 amide bonds. The van der Waals surface area contributed by atoms with Crippen LogP contribution in [0.2, 0.25) is 0 Å². The van der Waals surface area contributed by atoms with Gasteiger partial charge in [0.05, 0.1) is 6.61 Å². The predicted octanol–water partition coefficient (Wildman–Crippen LogP) is 1.93. The van der Waals surface area contributed by atoms with E-state index in [2.05, 4.69) is 10.6 Å². The van der Waals surface area contributed by atoms with Gasteiger partial charge in [0.1, 0.15) is 11.5 Å². The molecule has 5 heteroatoms.